The normalized spacial score (nSPS) is 13.9. The van der Waals surface area contributed by atoms with E-state index in [0.29, 0.717) is 6.42 Å². The molecule has 19 heteroatoms. The van der Waals surface area contributed by atoms with Crippen molar-refractivity contribution in [1.82, 2.24) is 21.3 Å². The maximum atomic E-state index is 13.4. The summed E-state index contributed by atoms with van der Waals surface area (Å²) in [7, 11) is 0. The van der Waals surface area contributed by atoms with Crippen LogP contribution in [0.1, 0.15) is 31.2 Å². The first-order chi connectivity index (χ1) is 21.8. The summed E-state index contributed by atoms with van der Waals surface area (Å²) in [6.45, 7) is 0.325. The van der Waals surface area contributed by atoms with Crippen molar-refractivity contribution in [3.63, 3.8) is 0 Å². The average Bonchev–Trinajstić information content (AvgIpc) is 3.01. The molecule has 1 aromatic carbocycles. The summed E-state index contributed by atoms with van der Waals surface area (Å²) < 4.78 is 0. The van der Waals surface area contributed by atoms with E-state index < -0.39 is 59.7 Å². The monoisotopic (exact) mass is 682 g/mol. The minimum atomic E-state index is -1.20. The molecule has 0 bridgehead atoms. The number of carbonyl (C=O) groups is 5. The lowest BCUT2D eigenvalue weighted by Crippen LogP contribution is -2.59. The molecular weight excluding hydrogens is 637 g/mol. The molecule has 1 rings (SSSR count). The fourth-order valence-corrected chi connectivity index (χ4v) is 4.41. The molecular formula is C27H46N12O5S2. The fraction of sp³-hybridized carbons (Fsp3) is 0.519. The third-order valence-electron chi connectivity index (χ3n) is 6.45. The lowest BCUT2D eigenvalue weighted by molar-refractivity contribution is -0.134. The summed E-state index contributed by atoms with van der Waals surface area (Å²) >= 11 is 8.21. The molecule has 0 saturated carbocycles. The van der Waals surface area contributed by atoms with E-state index in [1.807, 2.05) is 0 Å². The SMILES string of the molecule is NC(=O)[C@H](Cc1ccccc1)NC(=O)[C@H](CS)NC(=O)[C@H](CCCN=C(N)N)NC(=O)[C@H](CCCN=C(N)N)NC(=O)[C@@H](N)CS. The Balaban J connectivity index is 3.12. The zero-order valence-electron chi connectivity index (χ0n) is 25.4. The van der Waals surface area contributed by atoms with E-state index in [9.17, 15) is 24.0 Å². The van der Waals surface area contributed by atoms with Crippen molar-refractivity contribution < 1.29 is 24.0 Å². The number of amides is 5. The highest BCUT2D eigenvalue weighted by Gasteiger charge is 2.31. The number of thiol groups is 2. The van der Waals surface area contributed by atoms with Crippen LogP contribution in [0.4, 0.5) is 0 Å². The summed E-state index contributed by atoms with van der Waals surface area (Å²) in [5.74, 6) is -3.94. The van der Waals surface area contributed by atoms with Gasteiger partial charge in [0, 0.05) is 31.0 Å². The van der Waals surface area contributed by atoms with E-state index in [1.165, 1.54) is 0 Å². The van der Waals surface area contributed by atoms with Gasteiger partial charge in [0.05, 0.1) is 6.04 Å². The number of nitrogens with one attached hydrogen (secondary N) is 4. The van der Waals surface area contributed by atoms with Crippen LogP contribution in [0, 0.1) is 0 Å². The zero-order valence-corrected chi connectivity index (χ0v) is 27.2. The van der Waals surface area contributed by atoms with Crippen molar-refractivity contribution in [1.29, 1.82) is 0 Å². The number of aliphatic imine (C=N–C) groups is 2. The van der Waals surface area contributed by atoms with E-state index in [1.54, 1.807) is 30.3 Å². The van der Waals surface area contributed by atoms with Gasteiger partial charge in [0.1, 0.15) is 24.2 Å². The highest BCUT2D eigenvalue weighted by molar-refractivity contribution is 7.80. The Morgan fingerprint density at radius 1 is 0.630 bits per heavy atom. The van der Waals surface area contributed by atoms with Gasteiger partial charge < -0.3 is 55.7 Å². The molecule has 256 valence electrons. The Morgan fingerprint density at radius 2 is 1.07 bits per heavy atom. The van der Waals surface area contributed by atoms with Crippen LogP contribution in [0.2, 0.25) is 0 Å². The maximum Gasteiger partial charge on any atom is 0.244 e. The molecule has 46 heavy (non-hydrogen) atoms. The first-order valence-corrected chi connectivity index (χ1v) is 15.7. The molecule has 1 aromatic rings. The van der Waals surface area contributed by atoms with Crippen LogP contribution < -0.4 is 55.7 Å². The van der Waals surface area contributed by atoms with E-state index in [4.69, 9.17) is 34.4 Å². The highest BCUT2D eigenvalue weighted by Crippen LogP contribution is 2.07. The number of nitrogens with zero attached hydrogens (tertiary/aromatic N) is 2. The molecule has 0 spiro atoms. The van der Waals surface area contributed by atoms with Crippen LogP contribution in [-0.4, -0.2) is 96.3 Å². The van der Waals surface area contributed by atoms with Crippen molar-refractivity contribution in [2.45, 2.75) is 62.3 Å². The summed E-state index contributed by atoms with van der Waals surface area (Å²) in [5.41, 5.74) is 33.5. The lowest BCUT2D eigenvalue weighted by atomic mass is 10.0. The summed E-state index contributed by atoms with van der Waals surface area (Å²) in [6, 6.07) is 3.37. The summed E-state index contributed by atoms with van der Waals surface area (Å²) in [5, 5.41) is 10.3. The maximum absolute atomic E-state index is 13.4. The predicted molar refractivity (Wildman–Crippen MR) is 183 cm³/mol. The minimum Gasteiger partial charge on any atom is -0.370 e. The van der Waals surface area contributed by atoms with E-state index in [2.05, 4.69) is 56.5 Å². The standard InChI is InChI=1S/C27H46N12O5S2/c28-16(13-45)22(41)36-17(8-4-10-34-26(30)31)23(42)37-18(9-5-11-35-27(32)33)24(43)39-20(14-46)25(44)38-19(21(29)40)12-15-6-2-1-3-7-15/h1-3,6-7,16-20,45-46H,4-5,8-14,28H2,(H2,29,40)(H,36,41)(H,37,42)(H,38,44)(H,39,43)(H4,30,31,34)(H4,32,33,35)/t16-,17-,18-,19-,20-/m0/s1. The molecule has 0 aliphatic heterocycles. The number of nitrogens with two attached hydrogens (primary N) is 6. The van der Waals surface area contributed by atoms with Gasteiger partial charge in [-0.05, 0) is 31.2 Å². The van der Waals surface area contributed by atoms with E-state index in [0.717, 1.165) is 5.56 Å². The largest absolute Gasteiger partial charge is 0.370 e. The third kappa shape index (κ3) is 15.7. The first kappa shape index (κ1) is 39.8. The molecule has 5 atom stereocenters. The lowest BCUT2D eigenvalue weighted by Gasteiger charge is -2.26. The number of primary amides is 1. The molecule has 0 saturated heterocycles. The van der Waals surface area contributed by atoms with Gasteiger partial charge in [-0.3, -0.25) is 34.0 Å². The van der Waals surface area contributed by atoms with Gasteiger partial charge in [0.25, 0.3) is 0 Å². The van der Waals surface area contributed by atoms with Crippen molar-refractivity contribution in [3.8, 4) is 0 Å². The van der Waals surface area contributed by atoms with Crippen LogP contribution >= 0.6 is 25.3 Å². The fourth-order valence-electron chi connectivity index (χ4n) is 3.99. The molecule has 0 aromatic heterocycles. The molecule has 0 heterocycles. The molecule has 17 nitrogen and oxygen atoms in total. The van der Waals surface area contributed by atoms with Gasteiger partial charge in [-0.25, -0.2) is 0 Å². The van der Waals surface area contributed by atoms with Gasteiger partial charge >= 0.3 is 0 Å². The van der Waals surface area contributed by atoms with Crippen LogP contribution in [-0.2, 0) is 30.4 Å². The van der Waals surface area contributed by atoms with Gasteiger partial charge in [0.2, 0.25) is 29.5 Å². The Hall–Kier alpha value is -4.23. The molecule has 0 fully saturated rings. The van der Waals surface area contributed by atoms with Crippen LogP contribution in [0.3, 0.4) is 0 Å². The first-order valence-electron chi connectivity index (χ1n) is 14.4. The van der Waals surface area contributed by atoms with E-state index in [-0.39, 0.29) is 62.2 Å². The van der Waals surface area contributed by atoms with Crippen molar-refractivity contribution in [2.24, 2.45) is 44.4 Å². The Bertz CT molecular complexity index is 1210. The second-order valence-corrected chi connectivity index (χ2v) is 10.9. The van der Waals surface area contributed by atoms with Crippen LogP contribution in [0.25, 0.3) is 0 Å². The second-order valence-electron chi connectivity index (χ2n) is 10.2. The molecule has 0 radical (unpaired) electrons. The molecule has 0 aliphatic rings. The predicted octanol–water partition coefficient (Wildman–Crippen LogP) is -4.05. The Kier molecular flexibility index (Phi) is 18.6. The van der Waals surface area contributed by atoms with Crippen molar-refractivity contribution in [2.75, 3.05) is 24.6 Å². The molecule has 0 aliphatic carbocycles. The topological polar surface area (TPSA) is 314 Å². The smallest absolute Gasteiger partial charge is 0.244 e. The number of guanidine groups is 2. The Morgan fingerprint density at radius 3 is 1.50 bits per heavy atom. The Labute approximate surface area is 278 Å². The number of rotatable bonds is 21. The second kappa shape index (κ2) is 21.5. The summed E-state index contributed by atoms with van der Waals surface area (Å²) in [6.07, 6.45) is 0.859. The highest BCUT2D eigenvalue weighted by atomic mass is 32.1. The molecule has 0 unspecified atom stereocenters. The number of hydrogen-bond donors (Lipinski definition) is 12. The van der Waals surface area contributed by atoms with Gasteiger partial charge in [-0.15, -0.1) is 0 Å². The third-order valence-corrected chi connectivity index (χ3v) is 7.21. The van der Waals surface area contributed by atoms with E-state index >= 15 is 0 Å². The van der Waals surface area contributed by atoms with Gasteiger partial charge in [-0.2, -0.15) is 25.3 Å². The van der Waals surface area contributed by atoms with Crippen LogP contribution in [0.15, 0.2) is 40.3 Å². The van der Waals surface area contributed by atoms with Crippen LogP contribution in [0.5, 0.6) is 0 Å². The number of hydrogen-bond acceptors (Lipinski definition) is 10. The van der Waals surface area contributed by atoms with Gasteiger partial charge in [-0.1, -0.05) is 30.3 Å². The average molecular weight is 683 g/mol. The number of benzene rings is 1. The molecule has 5 amide bonds. The molecule has 16 N–H and O–H groups in total. The minimum absolute atomic E-state index is 0.0269. The van der Waals surface area contributed by atoms with Crippen molar-refractivity contribution >= 4 is 66.7 Å². The zero-order chi connectivity index (χ0) is 34.6. The number of carbonyl (C=O) groups excluding carboxylic acids is 5. The van der Waals surface area contributed by atoms with Crippen molar-refractivity contribution in [3.05, 3.63) is 35.9 Å². The quantitative estimate of drug-likeness (QED) is 0.0258. The van der Waals surface area contributed by atoms with Gasteiger partial charge in [0.15, 0.2) is 11.9 Å². The summed E-state index contributed by atoms with van der Waals surface area (Å²) in [4.78, 5) is 72.3.